The number of rotatable bonds is 5. The van der Waals surface area contributed by atoms with E-state index in [1.54, 1.807) is 14.2 Å². The predicted molar refractivity (Wildman–Crippen MR) is 114 cm³/mol. The Bertz CT molecular complexity index is 1280. The number of hydrogen-bond acceptors (Lipinski definition) is 6. The van der Waals surface area contributed by atoms with E-state index in [1.807, 2.05) is 36.4 Å². The number of hydrogen-bond donors (Lipinski definition) is 1. The lowest BCUT2D eigenvalue weighted by Crippen LogP contribution is -2.25. The molecule has 0 radical (unpaired) electrons. The second kappa shape index (κ2) is 7.50. The summed E-state index contributed by atoms with van der Waals surface area (Å²) in [5.41, 5.74) is 2.43. The Morgan fingerprint density at radius 1 is 1.20 bits per heavy atom. The Hall–Kier alpha value is -3.32. The zero-order chi connectivity index (χ0) is 20.7. The van der Waals surface area contributed by atoms with Crippen LogP contribution in [0, 0.1) is 0 Å². The summed E-state index contributed by atoms with van der Waals surface area (Å²) in [6, 6.07) is 13.7. The molecule has 0 amide bonds. The smallest absolute Gasteiger partial charge is 0.294 e. The number of aromatic amines is 1. The number of para-hydroxylation sites is 1. The van der Waals surface area contributed by atoms with Crippen LogP contribution in [0.2, 0.25) is 0 Å². The highest BCUT2D eigenvalue weighted by Crippen LogP contribution is 2.39. The fourth-order valence-corrected chi connectivity index (χ4v) is 4.38. The average molecular weight is 405 g/mol. The summed E-state index contributed by atoms with van der Waals surface area (Å²) in [7, 11) is 3.32. The fraction of sp³-hybridized carbons (Fsp3) is 0.304. The molecule has 0 unspecified atom stereocenters. The van der Waals surface area contributed by atoms with Gasteiger partial charge in [0.2, 0.25) is 5.58 Å². The lowest BCUT2D eigenvalue weighted by molar-refractivity contribution is 0.237. The Balaban J connectivity index is 1.50. The molecule has 3 heterocycles. The van der Waals surface area contributed by atoms with E-state index in [-0.39, 0.29) is 17.2 Å². The van der Waals surface area contributed by atoms with Gasteiger partial charge < -0.3 is 18.9 Å². The highest BCUT2D eigenvalue weighted by atomic mass is 16.5. The quantitative estimate of drug-likeness (QED) is 0.540. The molecule has 7 nitrogen and oxygen atoms in total. The molecule has 1 saturated heterocycles. The topological polar surface area (TPSA) is 80.6 Å². The second-order valence-electron chi connectivity index (χ2n) is 7.52. The van der Waals surface area contributed by atoms with Crippen LogP contribution in [0.5, 0.6) is 11.5 Å². The zero-order valence-corrected chi connectivity index (χ0v) is 17.0. The van der Waals surface area contributed by atoms with Gasteiger partial charge in [-0.15, -0.1) is 0 Å². The first-order chi connectivity index (χ1) is 14.7. The maximum absolute atomic E-state index is 12.6. The Morgan fingerprint density at radius 3 is 2.90 bits per heavy atom. The minimum Gasteiger partial charge on any atom is -0.497 e. The van der Waals surface area contributed by atoms with Crippen LogP contribution in [0.3, 0.4) is 0 Å². The molecule has 30 heavy (non-hydrogen) atoms. The molecule has 1 aliphatic heterocycles. The van der Waals surface area contributed by atoms with E-state index >= 15 is 0 Å². The molecule has 7 heteroatoms. The summed E-state index contributed by atoms with van der Waals surface area (Å²) in [6.45, 7) is 1.47. The summed E-state index contributed by atoms with van der Waals surface area (Å²) in [4.78, 5) is 22.6. The van der Waals surface area contributed by atoms with Gasteiger partial charge in [-0.2, -0.15) is 0 Å². The number of ether oxygens (including phenoxy) is 2. The van der Waals surface area contributed by atoms with Crippen molar-refractivity contribution in [2.45, 2.75) is 25.4 Å². The number of aromatic nitrogens is 2. The van der Waals surface area contributed by atoms with Crippen LogP contribution in [0.4, 0.5) is 0 Å². The third-order valence-corrected chi connectivity index (χ3v) is 5.80. The van der Waals surface area contributed by atoms with Gasteiger partial charge in [0.1, 0.15) is 28.4 Å². The van der Waals surface area contributed by atoms with Crippen molar-refractivity contribution >= 4 is 22.1 Å². The molecule has 0 spiro atoms. The van der Waals surface area contributed by atoms with E-state index in [0.29, 0.717) is 23.5 Å². The molecule has 1 atom stereocenters. The minimum absolute atomic E-state index is 0.188. The van der Waals surface area contributed by atoms with E-state index in [1.165, 1.54) is 0 Å². The van der Waals surface area contributed by atoms with Gasteiger partial charge in [-0.05, 0) is 37.6 Å². The number of nitrogens with zero attached hydrogens (tertiary/aromatic N) is 2. The third-order valence-electron chi connectivity index (χ3n) is 5.80. The van der Waals surface area contributed by atoms with Gasteiger partial charge in [0.15, 0.2) is 0 Å². The van der Waals surface area contributed by atoms with E-state index in [0.717, 1.165) is 41.8 Å². The minimum atomic E-state index is -0.246. The van der Waals surface area contributed by atoms with E-state index in [4.69, 9.17) is 18.9 Å². The molecule has 0 aliphatic carbocycles. The molecule has 0 saturated carbocycles. The van der Waals surface area contributed by atoms with Crippen LogP contribution in [0.15, 0.2) is 51.7 Å². The van der Waals surface area contributed by atoms with Crippen LogP contribution in [-0.4, -0.2) is 35.6 Å². The van der Waals surface area contributed by atoms with Crippen LogP contribution < -0.4 is 15.0 Å². The van der Waals surface area contributed by atoms with Crippen molar-refractivity contribution in [1.82, 2.24) is 14.9 Å². The molecule has 1 aliphatic rings. The second-order valence-corrected chi connectivity index (χ2v) is 7.52. The summed E-state index contributed by atoms with van der Waals surface area (Å²) in [6.07, 6.45) is 2.09. The third kappa shape index (κ3) is 3.11. The molecular formula is C23H23N3O4. The summed E-state index contributed by atoms with van der Waals surface area (Å²) >= 11 is 0. The van der Waals surface area contributed by atoms with Crippen molar-refractivity contribution in [3.63, 3.8) is 0 Å². The van der Waals surface area contributed by atoms with E-state index in [9.17, 15) is 4.79 Å². The van der Waals surface area contributed by atoms with Crippen LogP contribution in [-0.2, 0) is 6.54 Å². The van der Waals surface area contributed by atoms with Gasteiger partial charge in [-0.3, -0.25) is 9.69 Å². The Labute approximate surface area is 173 Å². The van der Waals surface area contributed by atoms with Crippen molar-refractivity contribution in [3.05, 3.63) is 64.2 Å². The largest absolute Gasteiger partial charge is 0.497 e. The van der Waals surface area contributed by atoms with Crippen LogP contribution in [0.25, 0.3) is 22.1 Å². The molecular weight excluding hydrogens is 382 g/mol. The molecule has 5 rings (SSSR count). The lowest BCUT2D eigenvalue weighted by atomic mass is 10.0. The lowest BCUT2D eigenvalue weighted by Gasteiger charge is -2.25. The maximum atomic E-state index is 12.6. The maximum Gasteiger partial charge on any atom is 0.294 e. The summed E-state index contributed by atoms with van der Waals surface area (Å²) < 4.78 is 16.6. The number of benzene rings is 2. The molecule has 0 bridgehead atoms. The monoisotopic (exact) mass is 405 g/mol. The number of H-pyrrole nitrogens is 1. The van der Waals surface area contributed by atoms with Crippen molar-refractivity contribution in [2.75, 3.05) is 20.8 Å². The van der Waals surface area contributed by atoms with Crippen LogP contribution in [0.1, 0.15) is 30.3 Å². The van der Waals surface area contributed by atoms with E-state index < -0.39 is 0 Å². The van der Waals surface area contributed by atoms with Gasteiger partial charge in [0.25, 0.3) is 5.56 Å². The van der Waals surface area contributed by atoms with E-state index in [2.05, 4.69) is 16.0 Å². The van der Waals surface area contributed by atoms with Crippen molar-refractivity contribution in [3.8, 4) is 11.5 Å². The highest BCUT2D eigenvalue weighted by molar-refractivity contribution is 6.01. The number of nitrogens with one attached hydrogen (secondary N) is 1. The number of methoxy groups -OCH3 is 2. The summed E-state index contributed by atoms with van der Waals surface area (Å²) in [5.74, 6) is 2.21. The highest BCUT2D eigenvalue weighted by Gasteiger charge is 2.29. The van der Waals surface area contributed by atoms with Crippen LogP contribution >= 0.6 is 0 Å². The standard InChI is InChI=1S/C23H23N3O4/c1-28-14-9-10-15(19(12-14)29-2)17-7-5-11-26(17)13-20-24-21-16-6-3-4-8-18(16)30-22(21)23(27)25-20/h3-4,6,8-10,12,17H,5,7,11,13H2,1-2H3,(H,24,25,27)/t17-/m1/s1. The van der Waals surface area contributed by atoms with Crippen molar-refractivity contribution in [1.29, 1.82) is 0 Å². The molecule has 1 fully saturated rings. The number of fused-ring (bicyclic) bond motifs is 3. The number of likely N-dealkylation sites (tertiary alicyclic amines) is 1. The van der Waals surface area contributed by atoms with Gasteiger partial charge in [-0.25, -0.2) is 4.98 Å². The predicted octanol–water partition coefficient (Wildman–Crippen LogP) is 4.02. The average Bonchev–Trinajstić information content (AvgIpc) is 3.38. The van der Waals surface area contributed by atoms with Gasteiger partial charge in [-0.1, -0.05) is 18.2 Å². The van der Waals surface area contributed by atoms with Gasteiger partial charge in [0.05, 0.1) is 20.8 Å². The first kappa shape index (κ1) is 18.7. The SMILES string of the molecule is COc1ccc([C@H]2CCCN2Cc2nc3c(oc4ccccc43)c(=O)[nH]2)c(OC)c1. The summed E-state index contributed by atoms with van der Waals surface area (Å²) in [5, 5.41) is 0.856. The first-order valence-electron chi connectivity index (χ1n) is 10.0. The first-order valence-corrected chi connectivity index (χ1v) is 10.0. The normalized spacial score (nSPS) is 17.1. The Morgan fingerprint density at radius 2 is 2.07 bits per heavy atom. The molecule has 154 valence electrons. The molecule has 1 N–H and O–H groups in total. The molecule has 2 aromatic carbocycles. The van der Waals surface area contributed by atoms with Gasteiger partial charge in [0, 0.05) is 23.1 Å². The number of furan rings is 1. The zero-order valence-electron chi connectivity index (χ0n) is 17.0. The molecule has 4 aromatic rings. The Kier molecular flexibility index (Phi) is 4.67. The fourth-order valence-electron chi connectivity index (χ4n) is 4.38. The molecule has 2 aromatic heterocycles. The van der Waals surface area contributed by atoms with Crippen molar-refractivity contribution in [2.24, 2.45) is 0 Å². The van der Waals surface area contributed by atoms with Crippen molar-refractivity contribution < 1.29 is 13.9 Å². The van der Waals surface area contributed by atoms with Gasteiger partial charge >= 0.3 is 0 Å².